The largest absolute Gasteiger partial charge is 0.393 e. The number of benzene rings is 2. The second kappa shape index (κ2) is 14.3. The van der Waals surface area contributed by atoms with Crippen molar-refractivity contribution in [1.82, 2.24) is 19.9 Å². The van der Waals surface area contributed by atoms with Crippen LogP contribution in [0.15, 0.2) is 66.9 Å². The second-order valence-electron chi connectivity index (χ2n) is 11.0. The molecule has 9 heteroatoms. The van der Waals surface area contributed by atoms with Crippen LogP contribution >= 0.6 is 0 Å². The van der Waals surface area contributed by atoms with Crippen LogP contribution in [-0.4, -0.2) is 48.6 Å². The van der Waals surface area contributed by atoms with Crippen molar-refractivity contribution < 1.29 is 24.2 Å². The Bertz CT molecular complexity index is 1550. The zero-order chi connectivity index (χ0) is 31.1. The van der Waals surface area contributed by atoms with E-state index in [1.165, 1.54) is 19.1 Å². The summed E-state index contributed by atoms with van der Waals surface area (Å²) < 4.78 is 15.6. The van der Waals surface area contributed by atoms with E-state index in [9.17, 15) is 24.2 Å². The van der Waals surface area contributed by atoms with Gasteiger partial charge in [0.05, 0.1) is 23.6 Å². The quantitative estimate of drug-likeness (QED) is 0.173. The van der Waals surface area contributed by atoms with Crippen LogP contribution in [0.3, 0.4) is 0 Å². The molecule has 4 rings (SSSR count). The molecule has 0 fully saturated rings. The van der Waals surface area contributed by atoms with Crippen LogP contribution in [0.4, 0.5) is 4.39 Å². The Morgan fingerprint density at radius 2 is 1.77 bits per heavy atom. The van der Waals surface area contributed by atoms with Crippen molar-refractivity contribution in [3.8, 4) is 22.6 Å². The fourth-order valence-corrected chi connectivity index (χ4v) is 4.95. The predicted molar refractivity (Wildman–Crippen MR) is 164 cm³/mol. The average Bonchev–Trinajstić information content (AvgIpc) is 3.39. The summed E-state index contributed by atoms with van der Waals surface area (Å²) in [6, 6.07) is 16.9. The molecule has 2 unspecified atom stereocenters. The van der Waals surface area contributed by atoms with Crippen LogP contribution in [0.1, 0.15) is 78.1 Å². The topological polar surface area (TPSA) is 117 Å². The van der Waals surface area contributed by atoms with E-state index in [0.717, 1.165) is 11.1 Å². The summed E-state index contributed by atoms with van der Waals surface area (Å²) in [6.45, 7) is 9.70. The molecule has 0 spiro atoms. The van der Waals surface area contributed by atoms with E-state index in [1.54, 1.807) is 30.5 Å². The van der Waals surface area contributed by atoms with Crippen LogP contribution < -0.4 is 5.32 Å². The highest BCUT2D eigenvalue weighted by molar-refractivity contribution is 5.95. The number of rotatable bonds is 13. The summed E-state index contributed by atoms with van der Waals surface area (Å²) in [5.41, 5.74) is 4.54. The smallest absolute Gasteiger partial charge is 0.272 e. The number of hydrogen-bond acceptors (Lipinski definition) is 6. The van der Waals surface area contributed by atoms with Gasteiger partial charge < -0.3 is 20.1 Å². The van der Waals surface area contributed by atoms with Crippen LogP contribution in [0.25, 0.3) is 22.6 Å². The molecule has 1 amide bonds. The van der Waals surface area contributed by atoms with Crippen molar-refractivity contribution in [3.05, 3.63) is 102 Å². The van der Waals surface area contributed by atoms with Gasteiger partial charge in [0.15, 0.2) is 5.78 Å². The van der Waals surface area contributed by atoms with Gasteiger partial charge in [-0.15, -0.1) is 0 Å². The summed E-state index contributed by atoms with van der Waals surface area (Å²) in [7, 11) is 0. The van der Waals surface area contributed by atoms with Crippen molar-refractivity contribution in [1.29, 1.82) is 0 Å². The van der Waals surface area contributed by atoms with Gasteiger partial charge in [-0.1, -0.05) is 45.0 Å². The maximum Gasteiger partial charge on any atom is 0.272 e. The van der Waals surface area contributed by atoms with E-state index in [2.05, 4.69) is 17.2 Å². The Kier molecular flexibility index (Phi) is 10.6. The number of hydrogen-bond donors (Lipinski definition) is 3. The molecule has 0 saturated carbocycles. The van der Waals surface area contributed by atoms with Gasteiger partial charge in [-0.05, 0) is 74.1 Å². The number of aliphatic hydroxyl groups excluding tert-OH is 2. The minimum Gasteiger partial charge on any atom is -0.393 e. The van der Waals surface area contributed by atoms with Crippen molar-refractivity contribution >= 4 is 11.7 Å². The Morgan fingerprint density at radius 3 is 2.40 bits per heavy atom. The number of amides is 1. The molecular formula is C34H38FN4O4. The lowest BCUT2D eigenvalue weighted by Crippen LogP contribution is -2.25. The lowest BCUT2D eigenvalue weighted by Gasteiger charge is -2.18. The first-order valence-corrected chi connectivity index (χ1v) is 14.4. The normalized spacial score (nSPS) is 12.7. The Balaban J connectivity index is 1.56. The molecule has 8 nitrogen and oxygen atoms in total. The number of nitrogens with one attached hydrogen (secondary N) is 1. The van der Waals surface area contributed by atoms with Gasteiger partial charge in [-0.3, -0.25) is 14.6 Å². The minimum absolute atomic E-state index is 0.0176. The zero-order valence-corrected chi connectivity index (χ0v) is 24.8. The van der Waals surface area contributed by atoms with E-state index in [4.69, 9.17) is 4.98 Å². The molecule has 0 aliphatic rings. The van der Waals surface area contributed by atoms with Gasteiger partial charge in [-0.25, -0.2) is 9.37 Å². The molecule has 2 aromatic carbocycles. The fraction of sp³-hybridized carbons (Fsp3) is 0.324. The molecule has 225 valence electrons. The Hall–Kier alpha value is -4.21. The monoisotopic (exact) mass is 585 g/mol. The highest BCUT2D eigenvalue weighted by atomic mass is 19.1. The van der Waals surface area contributed by atoms with Gasteiger partial charge >= 0.3 is 0 Å². The Labute approximate surface area is 251 Å². The van der Waals surface area contributed by atoms with Gasteiger partial charge in [0.25, 0.3) is 5.91 Å². The lowest BCUT2D eigenvalue weighted by molar-refractivity contribution is 0.0742. The Morgan fingerprint density at radius 1 is 1.02 bits per heavy atom. The lowest BCUT2D eigenvalue weighted by atomic mass is 10.0. The van der Waals surface area contributed by atoms with Gasteiger partial charge in [0.2, 0.25) is 0 Å². The fourth-order valence-electron chi connectivity index (χ4n) is 4.95. The molecule has 0 aliphatic heterocycles. The maximum absolute atomic E-state index is 13.7. The standard InChI is InChI=1S/C34H38FN4O4/c1-5-28(41)18-29(42)15-16-39-32(21(2)3)31(38-33(39)24-10-12-27(35)13-11-24)34(43)37-20-23-9-14-30(36-19-23)26-8-6-7-25(17-26)22(4)40/h6-14,17,19,21,28-29,41-42H,1,5,15-16,18,20H2,2-4H3,(H,37,43). The number of aliphatic hydroxyl groups is 2. The molecular weight excluding hydrogens is 547 g/mol. The number of imidazole rings is 1. The minimum atomic E-state index is -0.766. The van der Waals surface area contributed by atoms with Crippen molar-refractivity contribution in [3.63, 3.8) is 0 Å². The molecule has 2 aromatic heterocycles. The number of carbonyl (C=O) groups excluding carboxylic acids is 2. The number of aromatic nitrogens is 3. The zero-order valence-electron chi connectivity index (χ0n) is 24.8. The first-order chi connectivity index (χ1) is 20.6. The first kappa shape index (κ1) is 31.7. The third-order valence-electron chi connectivity index (χ3n) is 7.28. The van der Waals surface area contributed by atoms with E-state index < -0.39 is 12.2 Å². The summed E-state index contributed by atoms with van der Waals surface area (Å²) >= 11 is 0. The van der Waals surface area contributed by atoms with Gasteiger partial charge in [0, 0.05) is 36.0 Å². The molecule has 43 heavy (non-hydrogen) atoms. The maximum atomic E-state index is 13.7. The molecule has 3 N–H and O–H groups in total. The average molecular weight is 586 g/mol. The summed E-state index contributed by atoms with van der Waals surface area (Å²) in [6.07, 6.45) is 1.05. The van der Waals surface area contributed by atoms with Crippen LogP contribution in [-0.2, 0) is 13.1 Å². The van der Waals surface area contributed by atoms with E-state index >= 15 is 0 Å². The number of ketones is 1. The number of carbonyl (C=O) groups is 2. The van der Waals surface area contributed by atoms with Gasteiger partial charge in [0.1, 0.15) is 17.3 Å². The number of Topliss-reactive ketones (excluding diaryl/α,β-unsaturated/α-hetero) is 1. The second-order valence-corrected chi connectivity index (χ2v) is 11.0. The number of halogens is 1. The van der Waals surface area contributed by atoms with Crippen LogP contribution in [0.2, 0.25) is 0 Å². The third-order valence-corrected chi connectivity index (χ3v) is 7.28. The molecule has 4 aromatic rings. The van der Waals surface area contributed by atoms with E-state index in [-0.39, 0.29) is 42.1 Å². The summed E-state index contributed by atoms with van der Waals surface area (Å²) in [5.74, 6) is -0.352. The predicted octanol–water partition coefficient (Wildman–Crippen LogP) is 5.73. The highest BCUT2D eigenvalue weighted by Gasteiger charge is 2.26. The van der Waals surface area contributed by atoms with Gasteiger partial charge in [-0.2, -0.15) is 0 Å². The molecule has 0 bridgehead atoms. The van der Waals surface area contributed by atoms with Crippen molar-refractivity contribution in [2.24, 2.45) is 0 Å². The van der Waals surface area contributed by atoms with Crippen LogP contribution in [0, 0.1) is 12.7 Å². The van der Waals surface area contributed by atoms with E-state index in [0.29, 0.717) is 47.7 Å². The SMILES string of the molecule is [CH2]CC(O)CC(O)CCn1c(-c2ccc(F)cc2)nc(C(=O)NCc2ccc(-c3cccc(C(C)=O)c3)nc2)c1C(C)C. The molecule has 0 saturated heterocycles. The molecule has 1 radical (unpaired) electrons. The van der Waals surface area contributed by atoms with Crippen molar-refractivity contribution in [2.45, 2.75) is 71.2 Å². The third kappa shape index (κ3) is 8.00. The van der Waals surface area contributed by atoms with Crippen LogP contribution in [0.5, 0.6) is 0 Å². The molecule has 2 atom stereocenters. The number of nitrogens with zero attached hydrogens (tertiary/aromatic N) is 3. The number of pyridine rings is 1. The molecule has 0 aliphatic carbocycles. The van der Waals surface area contributed by atoms with Crippen molar-refractivity contribution in [2.75, 3.05) is 0 Å². The summed E-state index contributed by atoms with van der Waals surface area (Å²) in [5, 5.41) is 23.4. The summed E-state index contributed by atoms with van der Waals surface area (Å²) in [4.78, 5) is 34.5. The first-order valence-electron chi connectivity index (χ1n) is 14.4. The highest BCUT2D eigenvalue weighted by Crippen LogP contribution is 2.29. The van der Waals surface area contributed by atoms with E-state index in [1.807, 2.05) is 42.7 Å². The molecule has 2 heterocycles.